The van der Waals surface area contributed by atoms with Gasteiger partial charge in [0.05, 0.1) is 27.1 Å². The molecule has 1 aliphatic heterocycles. The number of esters is 1. The fraction of sp³-hybridized carbons (Fsp3) is 0.286. The molecule has 3 amide bonds. The second-order valence-corrected chi connectivity index (χ2v) is 12.0. The number of carbonyl (C=O) groups is 4. The third-order valence-electron chi connectivity index (χ3n) is 5.71. The molecule has 1 aliphatic rings. The lowest BCUT2D eigenvalue weighted by molar-refractivity contribution is -0.125. The van der Waals surface area contributed by atoms with Gasteiger partial charge in [-0.3, -0.25) is 14.4 Å². The number of hydrogen-bond acceptors (Lipinski definition) is 7. The Morgan fingerprint density at radius 2 is 1.77 bits per heavy atom. The van der Waals surface area contributed by atoms with Crippen molar-refractivity contribution >= 4 is 69.6 Å². The van der Waals surface area contributed by atoms with E-state index in [1.165, 1.54) is 6.07 Å². The topological polar surface area (TPSA) is 114 Å². The highest BCUT2D eigenvalue weighted by atomic mass is 35.5. The first kappa shape index (κ1) is 29.5. The van der Waals surface area contributed by atoms with E-state index >= 15 is 0 Å². The molecule has 0 bridgehead atoms. The second kappa shape index (κ2) is 12.4. The van der Waals surface area contributed by atoms with E-state index in [0.717, 1.165) is 11.3 Å². The van der Waals surface area contributed by atoms with Crippen LogP contribution in [0.5, 0.6) is 0 Å². The van der Waals surface area contributed by atoms with Crippen LogP contribution in [0, 0.1) is 0 Å². The first-order valence-corrected chi connectivity index (χ1v) is 13.9. The average molecular weight is 605 g/mol. The monoisotopic (exact) mass is 603 g/mol. The number of ether oxygens (including phenoxy) is 2. The van der Waals surface area contributed by atoms with E-state index in [4.69, 9.17) is 32.7 Å². The summed E-state index contributed by atoms with van der Waals surface area (Å²) in [6.07, 6.45) is 0. The summed E-state index contributed by atoms with van der Waals surface area (Å²) in [5.74, 6) is -1.74. The van der Waals surface area contributed by atoms with Crippen LogP contribution in [0.25, 0.3) is 0 Å². The van der Waals surface area contributed by atoms with Crippen molar-refractivity contribution in [2.24, 2.45) is 0 Å². The SMILES string of the molecule is CC(C)(C)OC(=O)c1cc(Cl)cc(CNC(=O)c2ccc(Cl)s2)c1NC(=O)c1ccc(N2CCOCC2=O)cc1. The molecule has 2 heterocycles. The van der Waals surface area contributed by atoms with Crippen molar-refractivity contribution in [3.63, 3.8) is 0 Å². The zero-order valence-electron chi connectivity index (χ0n) is 22.0. The summed E-state index contributed by atoms with van der Waals surface area (Å²) < 4.78 is 11.2. The van der Waals surface area contributed by atoms with Crippen LogP contribution in [0.1, 0.15) is 56.7 Å². The molecular formula is C28H27Cl2N3O6S. The van der Waals surface area contributed by atoms with E-state index in [1.807, 2.05) is 0 Å². The first-order valence-electron chi connectivity index (χ1n) is 12.3. The summed E-state index contributed by atoms with van der Waals surface area (Å²) in [5.41, 5.74) is 0.712. The summed E-state index contributed by atoms with van der Waals surface area (Å²) in [7, 11) is 0. The van der Waals surface area contributed by atoms with Gasteiger partial charge in [0.15, 0.2) is 0 Å². The van der Waals surface area contributed by atoms with Crippen LogP contribution >= 0.6 is 34.5 Å². The number of thiophene rings is 1. The van der Waals surface area contributed by atoms with Crippen molar-refractivity contribution in [2.45, 2.75) is 32.9 Å². The number of carbonyl (C=O) groups excluding carboxylic acids is 4. The number of nitrogens with one attached hydrogen (secondary N) is 2. The molecule has 0 unspecified atom stereocenters. The first-order chi connectivity index (χ1) is 18.9. The molecule has 0 radical (unpaired) electrons. The highest BCUT2D eigenvalue weighted by Gasteiger charge is 2.25. The molecule has 0 saturated carbocycles. The number of nitrogens with zero attached hydrogens (tertiary/aromatic N) is 1. The Balaban J connectivity index is 1.62. The molecule has 0 aliphatic carbocycles. The lowest BCUT2D eigenvalue weighted by atomic mass is 10.0. The maximum atomic E-state index is 13.3. The van der Waals surface area contributed by atoms with Gasteiger partial charge in [0.25, 0.3) is 17.7 Å². The molecule has 3 aromatic rings. The summed E-state index contributed by atoms with van der Waals surface area (Å²) >= 11 is 13.4. The van der Waals surface area contributed by atoms with Gasteiger partial charge in [-0.1, -0.05) is 23.2 Å². The van der Waals surface area contributed by atoms with Crippen molar-refractivity contribution in [3.05, 3.63) is 79.5 Å². The number of morpholine rings is 1. The molecule has 2 N–H and O–H groups in total. The van der Waals surface area contributed by atoms with Gasteiger partial charge < -0.3 is 25.0 Å². The van der Waals surface area contributed by atoms with Gasteiger partial charge in [0.1, 0.15) is 12.2 Å². The largest absolute Gasteiger partial charge is 0.456 e. The van der Waals surface area contributed by atoms with E-state index in [2.05, 4.69) is 10.6 Å². The molecule has 2 aromatic carbocycles. The molecule has 12 heteroatoms. The number of hydrogen-bond donors (Lipinski definition) is 2. The zero-order chi connectivity index (χ0) is 29.0. The Morgan fingerprint density at radius 1 is 1.05 bits per heavy atom. The van der Waals surface area contributed by atoms with Crippen LogP contribution in [-0.2, 0) is 20.8 Å². The maximum Gasteiger partial charge on any atom is 0.340 e. The van der Waals surface area contributed by atoms with Crippen molar-refractivity contribution in [2.75, 3.05) is 30.0 Å². The van der Waals surface area contributed by atoms with Gasteiger partial charge in [-0.15, -0.1) is 11.3 Å². The minimum Gasteiger partial charge on any atom is -0.456 e. The maximum absolute atomic E-state index is 13.3. The molecular weight excluding hydrogens is 577 g/mol. The number of halogens is 2. The van der Waals surface area contributed by atoms with Gasteiger partial charge in [-0.25, -0.2) is 4.79 Å². The zero-order valence-corrected chi connectivity index (χ0v) is 24.3. The Morgan fingerprint density at radius 3 is 2.40 bits per heavy atom. The van der Waals surface area contributed by atoms with Crippen LogP contribution in [0.3, 0.4) is 0 Å². The fourth-order valence-corrected chi connectivity index (χ4v) is 5.11. The normalized spacial score (nSPS) is 13.6. The van der Waals surface area contributed by atoms with Gasteiger partial charge in [-0.2, -0.15) is 0 Å². The Kier molecular flexibility index (Phi) is 9.15. The van der Waals surface area contributed by atoms with Crippen molar-refractivity contribution in [1.29, 1.82) is 0 Å². The second-order valence-electron chi connectivity index (χ2n) is 9.87. The number of rotatable bonds is 7. The molecule has 1 aromatic heterocycles. The third kappa shape index (κ3) is 7.39. The Bertz CT molecular complexity index is 1450. The summed E-state index contributed by atoms with van der Waals surface area (Å²) in [5, 5.41) is 5.79. The van der Waals surface area contributed by atoms with Crippen LogP contribution in [0.2, 0.25) is 9.36 Å². The highest BCUT2D eigenvalue weighted by molar-refractivity contribution is 7.18. The van der Waals surface area contributed by atoms with Crippen LogP contribution in [0.15, 0.2) is 48.5 Å². The molecule has 4 rings (SSSR count). The Labute approximate surface area is 245 Å². The predicted molar refractivity (Wildman–Crippen MR) is 155 cm³/mol. The van der Waals surface area contributed by atoms with Crippen LogP contribution in [0.4, 0.5) is 11.4 Å². The summed E-state index contributed by atoms with van der Waals surface area (Å²) in [6, 6.07) is 12.7. The van der Waals surface area contributed by atoms with Gasteiger partial charge in [0.2, 0.25) is 0 Å². The molecule has 0 spiro atoms. The smallest absolute Gasteiger partial charge is 0.340 e. The van der Waals surface area contributed by atoms with E-state index in [9.17, 15) is 19.2 Å². The van der Waals surface area contributed by atoms with E-state index in [1.54, 1.807) is 68.1 Å². The van der Waals surface area contributed by atoms with Crippen LogP contribution < -0.4 is 15.5 Å². The minimum absolute atomic E-state index is 0.00504. The molecule has 9 nitrogen and oxygen atoms in total. The molecule has 1 fully saturated rings. The number of amides is 3. The van der Waals surface area contributed by atoms with Crippen LogP contribution in [-0.4, -0.2) is 49.1 Å². The number of benzene rings is 2. The standard InChI is InChI=1S/C28H27Cl2N3O6S/c1-28(2,3)39-27(37)20-13-18(29)12-17(14-31-26(36)21-8-9-22(30)40-21)24(20)32-25(35)16-4-6-19(7-5-16)33-10-11-38-15-23(33)34/h4-9,12-13H,10-11,14-15H2,1-3H3,(H,31,36)(H,32,35). The average Bonchev–Trinajstić information content (AvgIpc) is 3.34. The predicted octanol–water partition coefficient (Wildman–Crippen LogP) is 5.56. The van der Waals surface area contributed by atoms with Crippen molar-refractivity contribution < 1.29 is 28.7 Å². The third-order valence-corrected chi connectivity index (χ3v) is 7.15. The molecule has 0 atom stereocenters. The highest BCUT2D eigenvalue weighted by Crippen LogP contribution is 2.30. The fourth-order valence-electron chi connectivity index (χ4n) is 3.91. The van der Waals surface area contributed by atoms with Gasteiger partial charge in [-0.05, 0) is 74.9 Å². The number of anilines is 2. The lowest BCUT2D eigenvalue weighted by Crippen LogP contribution is -2.41. The Hall–Kier alpha value is -3.44. The quantitative estimate of drug-likeness (QED) is 0.342. The van der Waals surface area contributed by atoms with Gasteiger partial charge in [0, 0.05) is 29.4 Å². The van der Waals surface area contributed by atoms with E-state index in [0.29, 0.717) is 33.6 Å². The summed E-state index contributed by atoms with van der Waals surface area (Å²) in [6.45, 7) is 5.98. The van der Waals surface area contributed by atoms with E-state index in [-0.39, 0.29) is 46.8 Å². The summed E-state index contributed by atoms with van der Waals surface area (Å²) in [4.78, 5) is 53.3. The van der Waals surface area contributed by atoms with Crippen molar-refractivity contribution in [1.82, 2.24) is 5.32 Å². The van der Waals surface area contributed by atoms with E-state index < -0.39 is 17.5 Å². The molecule has 1 saturated heterocycles. The van der Waals surface area contributed by atoms with Crippen molar-refractivity contribution in [3.8, 4) is 0 Å². The van der Waals surface area contributed by atoms with Gasteiger partial charge >= 0.3 is 5.97 Å². The molecule has 210 valence electrons. The molecule has 40 heavy (non-hydrogen) atoms. The lowest BCUT2D eigenvalue weighted by Gasteiger charge is -2.26. The minimum atomic E-state index is -0.805.